The van der Waals surface area contributed by atoms with Gasteiger partial charge < -0.3 is 15.0 Å². The zero-order valence-electron chi connectivity index (χ0n) is 16.6. The topological polar surface area (TPSA) is 44.8 Å². The van der Waals surface area contributed by atoms with Crippen LogP contribution in [0.5, 0.6) is 0 Å². The highest BCUT2D eigenvalue weighted by Crippen LogP contribution is 2.20. The monoisotopic (exact) mass is 389 g/mol. The van der Waals surface area contributed by atoms with Crippen molar-refractivity contribution in [3.8, 4) is 0 Å². The number of rotatable bonds is 6. The number of fused-ring (bicyclic) bond motifs is 1. The van der Waals surface area contributed by atoms with Crippen LogP contribution in [0.25, 0.3) is 10.8 Å². The maximum atomic E-state index is 13.1. The van der Waals surface area contributed by atoms with Crippen molar-refractivity contribution in [2.45, 2.75) is 6.54 Å². The number of urea groups is 1. The fraction of sp³-hybridized carbons (Fsp3) is 0.292. The predicted molar refractivity (Wildman–Crippen MR) is 117 cm³/mol. The van der Waals surface area contributed by atoms with E-state index in [9.17, 15) is 4.79 Å². The third-order valence-electron chi connectivity index (χ3n) is 5.34. The smallest absolute Gasteiger partial charge is 0.322 e. The fourth-order valence-electron chi connectivity index (χ4n) is 3.70. The standard InChI is InChI=1S/C24H27N3O2/c28-24(25-22-10-2-1-3-11-22)27(14-13-26-15-17-29-18-16-26)19-21-9-6-8-20-7-4-5-12-23(20)21/h1-12H,13-19H2,(H,25,28). The minimum absolute atomic E-state index is 0.0719. The van der Waals surface area contributed by atoms with Crippen molar-refractivity contribution in [3.63, 3.8) is 0 Å². The molecule has 0 saturated carbocycles. The largest absolute Gasteiger partial charge is 0.379 e. The third-order valence-corrected chi connectivity index (χ3v) is 5.34. The van der Waals surface area contributed by atoms with Crippen LogP contribution in [-0.4, -0.2) is 55.2 Å². The first kappa shape index (κ1) is 19.4. The Morgan fingerprint density at radius 2 is 1.66 bits per heavy atom. The summed E-state index contributed by atoms with van der Waals surface area (Å²) in [5.74, 6) is 0. The van der Waals surface area contributed by atoms with E-state index in [4.69, 9.17) is 4.74 Å². The number of morpholine rings is 1. The SMILES string of the molecule is O=C(Nc1ccccc1)N(CCN1CCOCC1)Cc1cccc2ccccc12. The molecule has 0 aliphatic carbocycles. The van der Waals surface area contributed by atoms with Gasteiger partial charge in [0, 0.05) is 38.4 Å². The van der Waals surface area contributed by atoms with Crippen LogP contribution in [0.1, 0.15) is 5.56 Å². The molecule has 1 saturated heterocycles. The summed E-state index contributed by atoms with van der Waals surface area (Å²) in [6.07, 6.45) is 0. The predicted octanol–water partition coefficient (Wildman–Crippen LogP) is 4.21. The van der Waals surface area contributed by atoms with Gasteiger partial charge in [-0.2, -0.15) is 0 Å². The number of anilines is 1. The van der Waals surface area contributed by atoms with Gasteiger partial charge in [0.2, 0.25) is 0 Å². The van der Waals surface area contributed by atoms with Crippen LogP contribution in [0.3, 0.4) is 0 Å². The first-order valence-electron chi connectivity index (χ1n) is 10.2. The lowest BCUT2D eigenvalue weighted by atomic mass is 10.0. The lowest BCUT2D eigenvalue weighted by molar-refractivity contribution is 0.0349. The Bertz CT molecular complexity index is 934. The molecule has 29 heavy (non-hydrogen) atoms. The van der Waals surface area contributed by atoms with Crippen molar-refractivity contribution in [1.29, 1.82) is 0 Å². The summed E-state index contributed by atoms with van der Waals surface area (Å²) in [4.78, 5) is 17.4. The van der Waals surface area contributed by atoms with Gasteiger partial charge in [0.15, 0.2) is 0 Å². The Balaban J connectivity index is 1.52. The van der Waals surface area contributed by atoms with Crippen molar-refractivity contribution in [3.05, 3.63) is 78.4 Å². The van der Waals surface area contributed by atoms with Crippen molar-refractivity contribution >= 4 is 22.5 Å². The normalized spacial score (nSPS) is 14.6. The second-order valence-corrected chi connectivity index (χ2v) is 7.31. The summed E-state index contributed by atoms with van der Waals surface area (Å²) in [5, 5.41) is 5.43. The van der Waals surface area contributed by atoms with Gasteiger partial charge in [0.05, 0.1) is 13.2 Å². The number of hydrogen-bond donors (Lipinski definition) is 1. The average molecular weight is 389 g/mol. The van der Waals surface area contributed by atoms with Crippen LogP contribution in [0.2, 0.25) is 0 Å². The van der Waals surface area contributed by atoms with E-state index in [0.29, 0.717) is 13.1 Å². The number of amides is 2. The van der Waals surface area contributed by atoms with E-state index in [0.717, 1.165) is 44.1 Å². The summed E-state index contributed by atoms with van der Waals surface area (Å²) in [6, 6.07) is 24.2. The summed E-state index contributed by atoms with van der Waals surface area (Å²) >= 11 is 0. The fourth-order valence-corrected chi connectivity index (χ4v) is 3.70. The zero-order chi connectivity index (χ0) is 19.9. The van der Waals surface area contributed by atoms with Gasteiger partial charge in [0.1, 0.15) is 0 Å². The summed E-state index contributed by atoms with van der Waals surface area (Å²) in [6.45, 7) is 5.45. The Morgan fingerprint density at radius 3 is 2.48 bits per heavy atom. The highest BCUT2D eigenvalue weighted by atomic mass is 16.5. The number of benzene rings is 3. The molecule has 1 N–H and O–H groups in total. The van der Waals surface area contributed by atoms with E-state index in [-0.39, 0.29) is 6.03 Å². The molecule has 0 atom stereocenters. The average Bonchev–Trinajstić information content (AvgIpc) is 2.78. The van der Waals surface area contributed by atoms with Crippen LogP contribution in [0, 0.1) is 0 Å². The second kappa shape index (κ2) is 9.54. The Labute approximate surface area is 171 Å². The molecule has 1 aliphatic rings. The molecule has 0 unspecified atom stereocenters. The highest BCUT2D eigenvalue weighted by Gasteiger charge is 2.18. The maximum absolute atomic E-state index is 13.1. The summed E-state index contributed by atoms with van der Waals surface area (Å²) < 4.78 is 5.44. The molecular formula is C24H27N3O2. The van der Waals surface area contributed by atoms with E-state index >= 15 is 0 Å². The van der Waals surface area contributed by atoms with Crippen molar-refractivity contribution < 1.29 is 9.53 Å². The van der Waals surface area contributed by atoms with Crippen molar-refractivity contribution in [1.82, 2.24) is 9.80 Å². The third kappa shape index (κ3) is 5.13. The first-order chi connectivity index (χ1) is 14.3. The van der Waals surface area contributed by atoms with Crippen LogP contribution < -0.4 is 5.32 Å². The van der Waals surface area contributed by atoms with E-state index in [2.05, 4.69) is 40.5 Å². The van der Waals surface area contributed by atoms with Gasteiger partial charge >= 0.3 is 6.03 Å². The van der Waals surface area contributed by atoms with Gasteiger partial charge in [-0.1, -0.05) is 60.7 Å². The van der Waals surface area contributed by atoms with Crippen LogP contribution >= 0.6 is 0 Å². The van der Waals surface area contributed by atoms with Crippen molar-refractivity contribution in [2.24, 2.45) is 0 Å². The number of ether oxygens (including phenoxy) is 1. The van der Waals surface area contributed by atoms with Crippen molar-refractivity contribution in [2.75, 3.05) is 44.7 Å². The second-order valence-electron chi connectivity index (χ2n) is 7.31. The van der Waals surface area contributed by atoms with Crippen LogP contribution in [0.4, 0.5) is 10.5 Å². The quantitative estimate of drug-likeness (QED) is 0.687. The molecule has 1 aliphatic heterocycles. The molecule has 150 valence electrons. The molecule has 0 spiro atoms. The van der Waals surface area contributed by atoms with Gasteiger partial charge in [-0.15, -0.1) is 0 Å². The molecule has 0 aromatic heterocycles. The molecule has 1 fully saturated rings. The number of carbonyl (C=O) groups is 1. The van der Waals surface area contributed by atoms with Gasteiger partial charge in [0.25, 0.3) is 0 Å². The van der Waals surface area contributed by atoms with Crippen LogP contribution in [0.15, 0.2) is 72.8 Å². The molecule has 3 aromatic carbocycles. The first-order valence-corrected chi connectivity index (χ1v) is 10.2. The molecule has 0 bridgehead atoms. The molecule has 4 rings (SSSR count). The summed E-state index contributed by atoms with van der Waals surface area (Å²) in [7, 11) is 0. The molecule has 5 heteroatoms. The number of hydrogen-bond acceptors (Lipinski definition) is 3. The molecule has 1 heterocycles. The van der Waals surface area contributed by atoms with Gasteiger partial charge in [-0.05, 0) is 28.5 Å². The Morgan fingerprint density at radius 1 is 0.931 bits per heavy atom. The number of nitrogens with one attached hydrogen (secondary N) is 1. The zero-order valence-corrected chi connectivity index (χ0v) is 16.6. The van der Waals surface area contributed by atoms with Gasteiger partial charge in [-0.3, -0.25) is 4.90 Å². The van der Waals surface area contributed by atoms with E-state index in [1.165, 1.54) is 10.8 Å². The minimum Gasteiger partial charge on any atom is -0.379 e. The Hall–Kier alpha value is -2.89. The van der Waals surface area contributed by atoms with E-state index < -0.39 is 0 Å². The summed E-state index contributed by atoms with van der Waals surface area (Å²) in [5.41, 5.74) is 1.97. The van der Waals surface area contributed by atoms with Gasteiger partial charge in [-0.25, -0.2) is 4.79 Å². The van der Waals surface area contributed by atoms with E-state index in [1.54, 1.807) is 0 Å². The lowest BCUT2D eigenvalue weighted by Gasteiger charge is -2.30. The number of carbonyl (C=O) groups excluding carboxylic acids is 1. The number of para-hydroxylation sites is 1. The molecule has 5 nitrogen and oxygen atoms in total. The molecule has 2 amide bonds. The molecular weight excluding hydrogens is 362 g/mol. The number of nitrogens with zero attached hydrogens (tertiary/aromatic N) is 2. The molecule has 3 aromatic rings. The molecule has 0 radical (unpaired) electrons. The highest BCUT2D eigenvalue weighted by molar-refractivity contribution is 5.90. The maximum Gasteiger partial charge on any atom is 0.322 e. The Kier molecular flexibility index (Phi) is 6.39. The van der Waals surface area contributed by atoms with Crippen LogP contribution in [-0.2, 0) is 11.3 Å². The lowest BCUT2D eigenvalue weighted by Crippen LogP contribution is -2.44. The van der Waals surface area contributed by atoms with E-state index in [1.807, 2.05) is 47.4 Å². The minimum atomic E-state index is -0.0719.